The van der Waals surface area contributed by atoms with Crippen LogP contribution in [0.15, 0.2) is 0 Å². The lowest BCUT2D eigenvalue weighted by Crippen LogP contribution is -2.42. The lowest BCUT2D eigenvalue weighted by atomic mass is 9.71. The van der Waals surface area contributed by atoms with Crippen molar-refractivity contribution < 1.29 is 0 Å². The molecule has 2 aliphatic carbocycles. The Kier molecular flexibility index (Phi) is 5.94. The smallest absolute Gasteiger partial charge is 0.0502 e. The normalized spacial score (nSPS) is 30.0. The minimum absolute atomic E-state index is 0.494. The average molecular weight is 298 g/mol. The second kappa shape index (κ2) is 6.52. The highest BCUT2D eigenvalue weighted by molar-refractivity contribution is 6.79. The van der Waals surface area contributed by atoms with Gasteiger partial charge in [0.1, 0.15) is 0 Å². The van der Waals surface area contributed by atoms with E-state index in [1.165, 1.54) is 44.9 Å². The summed E-state index contributed by atoms with van der Waals surface area (Å²) in [5, 5.41) is 0.799. The molecule has 0 saturated heterocycles. The number of hydrogen-bond acceptors (Lipinski definition) is 1. The summed E-state index contributed by atoms with van der Waals surface area (Å²) in [4.78, 5) is 0. The van der Waals surface area contributed by atoms with E-state index >= 15 is 0 Å². The Morgan fingerprint density at radius 3 is 1.60 bits per heavy atom. The van der Waals surface area contributed by atoms with Gasteiger partial charge in [-0.25, -0.2) is 0 Å². The van der Waals surface area contributed by atoms with Gasteiger partial charge in [-0.05, 0) is 42.1 Å². The van der Waals surface area contributed by atoms with E-state index in [-0.39, 0.29) is 0 Å². The van der Waals surface area contributed by atoms with E-state index < -0.39 is 8.07 Å². The van der Waals surface area contributed by atoms with Crippen LogP contribution in [-0.2, 0) is 0 Å². The number of hydrogen-bond donors (Lipinski definition) is 1. The third-order valence-electron chi connectivity index (χ3n) is 6.26. The van der Waals surface area contributed by atoms with Crippen molar-refractivity contribution in [2.75, 3.05) is 0 Å². The van der Waals surface area contributed by atoms with Crippen molar-refractivity contribution >= 4 is 8.07 Å². The van der Waals surface area contributed by atoms with Gasteiger partial charge in [0.2, 0.25) is 0 Å². The SMILES string of the molecule is CC(C)(C)C1CCC(N)CC1.CC1([Si](C)(C)C)CCC1. The minimum Gasteiger partial charge on any atom is -0.328 e. The van der Waals surface area contributed by atoms with E-state index in [2.05, 4.69) is 47.3 Å². The van der Waals surface area contributed by atoms with Crippen LogP contribution >= 0.6 is 0 Å². The van der Waals surface area contributed by atoms with Crippen LogP contribution in [0.25, 0.3) is 0 Å². The van der Waals surface area contributed by atoms with Gasteiger partial charge in [-0.1, -0.05) is 66.6 Å². The second-order valence-electron chi connectivity index (χ2n) is 9.64. The summed E-state index contributed by atoms with van der Waals surface area (Å²) in [6.07, 6.45) is 9.64. The van der Waals surface area contributed by atoms with Crippen molar-refractivity contribution in [3.8, 4) is 0 Å². The van der Waals surface area contributed by atoms with Gasteiger partial charge in [0.05, 0.1) is 8.07 Å². The molecule has 2 fully saturated rings. The predicted octanol–water partition coefficient (Wildman–Crippen LogP) is 5.82. The van der Waals surface area contributed by atoms with Gasteiger partial charge >= 0.3 is 0 Å². The zero-order chi connectivity index (χ0) is 15.6. The molecule has 0 amide bonds. The second-order valence-corrected chi connectivity index (χ2v) is 15.3. The Hall–Kier alpha value is 0.177. The van der Waals surface area contributed by atoms with Gasteiger partial charge in [-0.3, -0.25) is 0 Å². The molecule has 0 radical (unpaired) electrons. The Balaban J connectivity index is 0.000000204. The summed E-state index contributed by atoms with van der Waals surface area (Å²) in [6, 6.07) is 0.494. The van der Waals surface area contributed by atoms with Crippen LogP contribution in [0.1, 0.15) is 72.6 Å². The van der Waals surface area contributed by atoms with Crippen molar-refractivity contribution in [1.82, 2.24) is 0 Å². The Morgan fingerprint density at radius 1 is 0.950 bits per heavy atom. The largest absolute Gasteiger partial charge is 0.328 e. The summed E-state index contributed by atoms with van der Waals surface area (Å²) in [7, 11) is -0.798. The molecule has 120 valence electrons. The zero-order valence-corrected chi connectivity index (χ0v) is 16.2. The summed E-state index contributed by atoms with van der Waals surface area (Å²) < 4.78 is 0. The molecule has 1 nitrogen and oxygen atoms in total. The quantitative estimate of drug-likeness (QED) is 0.606. The number of nitrogens with two attached hydrogens (primary N) is 1. The highest BCUT2D eigenvalue weighted by Gasteiger charge is 2.43. The van der Waals surface area contributed by atoms with Crippen LogP contribution in [0.5, 0.6) is 0 Å². The van der Waals surface area contributed by atoms with Gasteiger partial charge in [-0.2, -0.15) is 0 Å². The van der Waals surface area contributed by atoms with E-state index in [1.54, 1.807) is 0 Å². The molecular formula is C18H39NSi. The molecule has 0 atom stereocenters. The van der Waals surface area contributed by atoms with Crippen LogP contribution in [0.2, 0.25) is 24.7 Å². The lowest BCUT2D eigenvalue weighted by molar-refractivity contribution is 0.170. The van der Waals surface area contributed by atoms with Crippen LogP contribution in [-0.4, -0.2) is 14.1 Å². The minimum atomic E-state index is -0.798. The number of rotatable bonds is 1. The molecule has 0 bridgehead atoms. The fourth-order valence-corrected chi connectivity index (χ4v) is 5.30. The van der Waals surface area contributed by atoms with Crippen molar-refractivity contribution in [3.63, 3.8) is 0 Å². The molecule has 0 aromatic heterocycles. The Morgan fingerprint density at radius 2 is 1.40 bits per heavy atom. The van der Waals surface area contributed by atoms with Crippen LogP contribution in [0.3, 0.4) is 0 Å². The molecule has 20 heavy (non-hydrogen) atoms. The summed E-state index contributed by atoms with van der Waals surface area (Å²) in [6.45, 7) is 17.0. The maximum atomic E-state index is 5.84. The first-order valence-corrected chi connectivity index (χ1v) is 12.2. The van der Waals surface area contributed by atoms with E-state index in [4.69, 9.17) is 5.73 Å². The highest BCUT2D eigenvalue weighted by Crippen LogP contribution is 2.54. The van der Waals surface area contributed by atoms with Crippen molar-refractivity contribution in [2.24, 2.45) is 17.1 Å². The highest BCUT2D eigenvalue weighted by atomic mass is 28.3. The van der Waals surface area contributed by atoms with Gasteiger partial charge < -0.3 is 5.73 Å². The summed E-state index contributed by atoms with van der Waals surface area (Å²) >= 11 is 0. The van der Waals surface area contributed by atoms with Crippen LogP contribution in [0.4, 0.5) is 0 Å². The topological polar surface area (TPSA) is 26.0 Å². The van der Waals surface area contributed by atoms with Crippen LogP contribution < -0.4 is 5.73 Å². The fraction of sp³-hybridized carbons (Fsp3) is 1.00. The van der Waals surface area contributed by atoms with E-state index in [0.717, 1.165) is 11.0 Å². The van der Waals surface area contributed by atoms with Gasteiger partial charge in [0.15, 0.2) is 0 Å². The molecule has 2 aliphatic rings. The van der Waals surface area contributed by atoms with Gasteiger partial charge in [0, 0.05) is 6.04 Å². The first-order chi connectivity index (χ1) is 8.96. The first-order valence-electron chi connectivity index (χ1n) is 8.71. The zero-order valence-electron chi connectivity index (χ0n) is 15.2. The van der Waals surface area contributed by atoms with Gasteiger partial charge in [0.25, 0.3) is 0 Å². The standard InChI is InChI=1S/C10H21N.C8H18Si/c1-10(2,3)8-4-6-9(11)7-5-8;1-8(6-5-7-8)9(2,3)4/h8-9H,4-7,11H2,1-3H3;5-7H2,1-4H3. The van der Waals surface area contributed by atoms with Crippen molar-refractivity contribution in [3.05, 3.63) is 0 Å². The van der Waals surface area contributed by atoms with E-state index in [1.807, 2.05) is 0 Å². The Labute approximate surface area is 129 Å². The Bertz CT molecular complexity index is 286. The maximum Gasteiger partial charge on any atom is 0.0502 e. The molecule has 0 aliphatic heterocycles. The maximum absolute atomic E-state index is 5.84. The summed E-state index contributed by atoms with van der Waals surface area (Å²) in [5.74, 6) is 0.905. The molecule has 0 aromatic rings. The molecular weight excluding hydrogens is 258 g/mol. The van der Waals surface area contributed by atoms with Crippen LogP contribution in [0, 0.1) is 11.3 Å². The molecule has 0 unspecified atom stereocenters. The molecule has 2 N–H and O–H groups in total. The lowest BCUT2D eigenvalue weighted by Gasteiger charge is -2.48. The molecule has 0 spiro atoms. The van der Waals surface area contributed by atoms with Gasteiger partial charge in [-0.15, -0.1) is 0 Å². The predicted molar refractivity (Wildman–Crippen MR) is 95.0 cm³/mol. The fourth-order valence-electron chi connectivity index (χ4n) is 3.44. The summed E-state index contributed by atoms with van der Waals surface area (Å²) in [5.41, 5.74) is 6.34. The third kappa shape index (κ3) is 4.87. The molecule has 2 heteroatoms. The first kappa shape index (κ1) is 18.2. The van der Waals surface area contributed by atoms with Crippen molar-refractivity contribution in [1.29, 1.82) is 0 Å². The average Bonchev–Trinajstić information content (AvgIpc) is 2.24. The monoisotopic (exact) mass is 297 g/mol. The molecule has 2 saturated carbocycles. The van der Waals surface area contributed by atoms with Crippen molar-refractivity contribution in [2.45, 2.75) is 103 Å². The third-order valence-corrected chi connectivity index (χ3v) is 10.4. The van der Waals surface area contributed by atoms with E-state index in [0.29, 0.717) is 11.5 Å². The molecule has 0 heterocycles. The van der Waals surface area contributed by atoms with E-state index in [9.17, 15) is 0 Å². The molecule has 2 rings (SSSR count). The molecule has 0 aromatic carbocycles.